The van der Waals surface area contributed by atoms with Crippen molar-refractivity contribution in [2.45, 2.75) is 31.7 Å². The Bertz CT molecular complexity index is 236. The molecule has 4 N–H and O–H groups in total. The minimum atomic E-state index is 0.149. The molecule has 0 amide bonds. The normalized spacial score (nSPS) is 12.7. The Morgan fingerprint density at radius 3 is 2.50 bits per heavy atom. The molecule has 0 spiro atoms. The first-order valence-electron chi connectivity index (χ1n) is 5.20. The van der Waals surface area contributed by atoms with E-state index < -0.39 is 0 Å². The second kappa shape index (κ2) is 6.51. The molecule has 1 aromatic rings. The minimum absolute atomic E-state index is 0.149. The van der Waals surface area contributed by atoms with Gasteiger partial charge in [-0.2, -0.15) is 0 Å². The molecular weight excluding hydrogens is 174 g/mol. The number of nitrogens with two attached hydrogens (primary N) is 2. The summed E-state index contributed by atoms with van der Waals surface area (Å²) in [4.78, 5) is 3.97. The second-order valence-corrected chi connectivity index (χ2v) is 3.53. The number of pyridine rings is 1. The Morgan fingerprint density at radius 2 is 1.86 bits per heavy atom. The molecule has 1 rings (SSSR count). The molecule has 0 radical (unpaired) electrons. The van der Waals surface area contributed by atoms with E-state index in [1.165, 1.54) is 12.0 Å². The van der Waals surface area contributed by atoms with Crippen molar-refractivity contribution in [1.82, 2.24) is 4.98 Å². The SMILES string of the molecule is NCCCCCC(N)c1ccncc1. The van der Waals surface area contributed by atoms with Gasteiger partial charge in [-0.1, -0.05) is 12.8 Å². The summed E-state index contributed by atoms with van der Waals surface area (Å²) in [5, 5.41) is 0. The maximum Gasteiger partial charge on any atom is 0.0295 e. The summed E-state index contributed by atoms with van der Waals surface area (Å²) in [6.07, 6.45) is 8.03. The van der Waals surface area contributed by atoms with Crippen molar-refractivity contribution < 1.29 is 0 Å². The lowest BCUT2D eigenvalue weighted by atomic mass is 10.0. The van der Waals surface area contributed by atoms with E-state index in [1.807, 2.05) is 12.1 Å². The van der Waals surface area contributed by atoms with Crippen LogP contribution in [0.2, 0.25) is 0 Å². The van der Waals surface area contributed by atoms with Crippen LogP contribution in [-0.2, 0) is 0 Å². The van der Waals surface area contributed by atoms with Gasteiger partial charge in [-0.05, 0) is 37.1 Å². The predicted molar refractivity (Wildman–Crippen MR) is 58.7 cm³/mol. The molecule has 1 aromatic heterocycles. The number of rotatable bonds is 6. The quantitative estimate of drug-likeness (QED) is 0.674. The third kappa shape index (κ3) is 3.85. The van der Waals surface area contributed by atoms with Crippen molar-refractivity contribution in [3.63, 3.8) is 0 Å². The number of hydrogen-bond donors (Lipinski definition) is 2. The zero-order valence-corrected chi connectivity index (χ0v) is 8.52. The zero-order chi connectivity index (χ0) is 10.2. The average Bonchev–Trinajstić information content (AvgIpc) is 2.25. The Labute approximate surface area is 85.5 Å². The third-order valence-electron chi connectivity index (χ3n) is 2.35. The molecular formula is C11H19N3. The number of unbranched alkanes of at least 4 members (excludes halogenated alkanes) is 2. The molecule has 3 nitrogen and oxygen atoms in total. The highest BCUT2D eigenvalue weighted by Crippen LogP contribution is 2.15. The van der Waals surface area contributed by atoms with Crippen LogP contribution in [0.15, 0.2) is 24.5 Å². The molecule has 0 aliphatic heterocycles. The predicted octanol–water partition coefficient (Wildman–Crippen LogP) is 1.60. The monoisotopic (exact) mass is 193 g/mol. The van der Waals surface area contributed by atoms with Gasteiger partial charge in [0.25, 0.3) is 0 Å². The van der Waals surface area contributed by atoms with Crippen LogP contribution in [0.25, 0.3) is 0 Å². The van der Waals surface area contributed by atoms with Crippen LogP contribution in [-0.4, -0.2) is 11.5 Å². The summed E-state index contributed by atoms with van der Waals surface area (Å²) in [7, 11) is 0. The molecule has 0 bridgehead atoms. The van der Waals surface area contributed by atoms with Crippen LogP contribution in [0, 0.1) is 0 Å². The van der Waals surface area contributed by atoms with E-state index in [0.29, 0.717) is 0 Å². The van der Waals surface area contributed by atoms with Gasteiger partial charge in [0.05, 0.1) is 0 Å². The molecule has 1 heterocycles. The third-order valence-corrected chi connectivity index (χ3v) is 2.35. The van der Waals surface area contributed by atoms with Crippen molar-refractivity contribution in [2.75, 3.05) is 6.54 Å². The topological polar surface area (TPSA) is 64.9 Å². The van der Waals surface area contributed by atoms with Gasteiger partial charge < -0.3 is 11.5 Å². The fourth-order valence-electron chi connectivity index (χ4n) is 1.46. The molecule has 78 valence electrons. The average molecular weight is 193 g/mol. The second-order valence-electron chi connectivity index (χ2n) is 3.53. The highest BCUT2D eigenvalue weighted by Gasteiger charge is 2.03. The van der Waals surface area contributed by atoms with Crippen LogP contribution in [0.1, 0.15) is 37.3 Å². The first-order chi connectivity index (χ1) is 6.84. The summed E-state index contributed by atoms with van der Waals surface area (Å²) in [6.45, 7) is 0.782. The van der Waals surface area contributed by atoms with Crippen LogP contribution in [0.4, 0.5) is 0 Å². The molecule has 0 fully saturated rings. The summed E-state index contributed by atoms with van der Waals surface area (Å²) in [5.41, 5.74) is 12.6. The molecule has 1 atom stereocenters. The van der Waals surface area contributed by atoms with E-state index in [9.17, 15) is 0 Å². The largest absolute Gasteiger partial charge is 0.330 e. The fraction of sp³-hybridized carbons (Fsp3) is 0.545. The van der Waals surface area contributed by atoms with Crippen LogP contribution < -0.4 is 11.5 Å². The van der Waals surface area contributed by atoms with Gasteiger partial charge in [0, 0.05) is 18.4 Å². The van der Waals surface area contributed by atoms with Gasteiger partial charge in [-0.3, -0.25) is 4.98 Å². The summed E-state index contributed by atoms with van der Waals surface area (Å²) >= 11 is 0. The highest BCUT2D eigenvalue weighted by molar-refractivity contribution is 5.13. The lowest BCUT2D eigenvalue weighted by molar-refractivity contribution is 0.572. The molecule has 14 heavy (non-hydrogen) atoms. The van der Waals surface area contributed by atoms with Gasteiger partial charge in [-0.25, -0.2) is 0 Å². The van der Waals surface area contributed by atoms with Gasteiger partial charge in [0.2, 0.25) is 0 Å². The van der Waals surface area contributed by atoms with E-state index >= 15 is 0 Å². The van der Waals surface area contributed by atoms with Gasteiger partial charge in [0.1, 0.15) is 0 Å². The lowest BCUT2D eigenvalue weighted by Gasteiger charge is -2.10. The Hall–Kier alpha value is -0.930. The van der Waals surface area contributed by atoms with Crippen LogP contribution in [0.3, 0.4) is 0 Å². The maximum absolute atomic E-state index is 6.02. The Kier molecular flexibility index (Phi) is 5.19. The Balaban J connectivity index is 2.25. The van der Waals surface area contributed by atoms with Gasteiger partial charge in [0.15, 0.2) is 0 Å². The number of hydrogen-bond acceptors (Lipinski definition) is 3. The summed E-state index contributed by atoms with van der Waals surface area (Å²) in [5.74, 6) is 0. The van der Waals surface area contributed by atoms with Crippen molar-refractivity contribution >= 4 is 0 Å². The standard InChI is InChI=1S/C11H19N3/c12-7-3-1-2-4-11(13)10-5-8-14-9-6-10/h5-6,8-9,11H,1-4,7,12-13H2. The first kappa shape index (κ1) is 11.1. The van der Waals surface area contributed by atoms with Crippen molar-refractivity contribution in [1.29, 1.82) is 0 Å². The summed E-state index contributed by atoms with van der Waals surface area (Å²) in [6, 6.07) is 4.11. The van der Waals surface area contributed by atoms with Crippen LogP contribution >= 0.6 is 0 Å². The molecule has 0 aromatic carbocycles. The van der Waals surface area contributed by atoms with Crippen molar-refractivity contribution in [2.24, 2.45) is 11.5 Å². The number of nitrogens with zero attached hydrogens (tertiary/aromatic N) is 1. The lowest BCUT2D eigenvalue weighted by Crippen LogP contribution is -2.10. The first-order valence-corrected chi connectivity index (χ1v) is 5.20. The maximum atomic E-state index is 6.02. The molecule has 3 heteroatoms. The minimum Gasteiger partial charge on any atom is -0.330 e. The fourth-order valence-corrected chi connectivity index (χ4v) is 1.46. The van der Waals surface area contributed by atoms with Gasteiger partial charge >= 0.3 is 0 Å². The Morgan fingerprint density at radius 1 is 1.14 bits per heavy atom. The van der Waals surface area contributed by atoms with E-state index in [-0.39, 0.29) is 6.04 Å². The molecule has 0 aliphatic carbocycles. The molecule has 0 aliphatic rings. The number of aromatic nitrogens is 1. The van der Waals surface area contributed by atoms with Crippen LogP contribution in [0.5, 0.6) is 0 Å². The van der Waals surface area contributed by atoms with E-state index in [2.05, 4.69) is 4.98 Å². The summed E-state index contributed by atoms with van der Waals surface area (Å²) < 4.78 is 0. The molecule has 0 saturated heterocycles. The smallest absolute Gasteiger partial charge is 0.0295 e. The van der Waals surface area contributed by atoms with E-state index in [0.717, 1.165) is 25.8 Å². The zero-order valence-electron chi connectivity index (χ0n) is 8.52. The molecule has 1 unspecified atom stereocenters. The van der Waals surface area contributed by atoms with Crippen molar-refractivity contribution in [3.05, 3.63) is 30.1 Å². The van der Waals surface area contributed by atoms with E-state index in [4.69, 9.17) is 11.5 Å². The highest BCUT2D eigenvalue weighted by atomic mass is 14.6. The van der Waals surface area contributed by atoms with E-state index in [1.54, 1.807) is 12.4 Å². The van der Waals surface area contributed by atoms with Gasteiger partial charge in [-0.15, -0.1) is 0 Å². The molecule has 0 saturated carbocycles. The van der Waals surface area contributed by atoms with Crippen molar-refractivity contribution in [3.8, 4) is 0 Å².